The van der Waals surface area contributed by atoms with Crippen molar-refractivity contribution >= 4 is 5.91 Å². The summed E-state index contributed by atoms with van der Waals surface area (Å²) in [5.41, 5.74) is 2.14. The highest BCUT2D eigenvalue weighted by atomic mass is 16.5. The zero-order valence-electron chi connectivity index (χ0n) is 21.6. The molecule has 1 amide bonds. The fourth-order valence-electron chi connectivity index (χ4n) is 6.00. The van der Waals surface area contributed by atoms with E-state index >= 15 is 0 Å². The third-order valence-corrected chi connectivity index (χ3v) is 8.33. The van der Waals surface area contributed by atoms with Gasteiger partial charge in [0.1, 0.15) is 11.5 Å². The lowest BCUT2D eigenvalue weighted by Crippen LogP contribution is -2.43. The molecule has 0 bridgehead atoms. The van der Waals surface area contributed by atoms with Gasteiger partial charge >= 0.3 is 0 Å². The molecular weight excluding hydrogens is 452 g/mol. The molecule has 3 aliphatic rings. The number of ether oxygens (including phenoxy) is 3. The van der Waals surface area contributed by atoms with Crippen LogP contribution in [-0.4, -0.2) is 68.3 Å². The van der Waals surface area contributed by atoms with Gasteiger partial charge in [-0.3, -0.25) is 9.69 Å². The highest BCUT2D eigenvalue weighted by Crippen LogP contribution is 2.38. The van der Waals surface area contributed by atoms with Crippen molar-refractivity contribution in [2.75, 3.05) is 46.6 Å². The van der Waals surface area contributed by atoms with Crippen LogP contribution in [0.4, 0.5) is 0 Å². The number of likely N-dealkylation sites (tertiary alicyclic amines) is 1. The van der Waals surface area contributed by atoms with Crippen LogP contribution >= 0.6 is 0 Å². The molecule has 3 aliphatic heterocycles. The minimum Gasteiger partial charge on any atom is -0.497 e. The first-order chi connectivity index (χ1) is 17.7. The van der Waals surface area contributed by atoms with Crippen LogP contribution in [0.3, 0.4) is 0 Å². The predicted molar refractivity (Wildman–Crippen MR) is 141 cm³/mol. The smallest absolute Gasteiger partial charge is 0.257 e. The van der Waals surface area contributed by atoms with Gasteiger partial charge in [-0.1, -0.05) is 30.7 Å². The molecule has 2 fully saturated rings. The Kier molecular flexibility index (Phi) is 8.12. The molecule has 0 N–H and O–H groups in total. The fraction of sp³-hybridized carbons (Fsp3) is 0.567. The quantitative estimate of drug-likeness (QED) is 0.592. The highest BCUT2D eigenvalue weighted by molar-refractivity contribution is 5.97. The first-order valence-corrected chi connectivity index (χ1v) is 13.6. The van der Waals surface area contributed by atoms with Crippen molar-refractivity contribution in [2.24, 2.45) is 5.41 Å². The standard InChI is InChI=1S/C30H40N2O4/c1-34-26-12-10-24(11-13-26)21-31-18-15-30(16-19-31)14-4-5-20-35-22-25-7-6-17-32(25)29(33)27-8-2-3-9-28(27)36-23-30/h2-3,8-13,25H,4-7,14-23H2,1H3/t25-/m0/s1. The predicted octanol–water partition coefficient (Wildman–Crippen LogP) is 5.16. The van der Waals surface area contributed by atoms with Gasteiger partial charge in [0.2, 0.25) is 0 Å². The topological polar surface area (TPSA) is 51.2 Å². The van der Waals surface area contributed by atoms with Gasteiger partial charge in [0.05, 0.1) is 31.9 Å². The van der Waals surface area contributed by atoms with Gasteiger partial charge in [-0.25, -0.2) is 0 Å². The van der Waals surface area contributed by atoms with E-state index in [4.69, 9.17) is 14.2 Å². The van der Waals surface area contributed by atoms with Crippen molar-refractivity contribution < 1.29 is 19.0 Å². The number of methoxy groups -OCH3 is 1. The fourth-order valence-corrected chi connectivity index (χ4v) is 6.00. The number of benzene rings is 2. The summed E-state index contributed by atoms with van der Waals surface area (Å²) in [4.78, 5) is 18.0. The zero-order valence-corrected chi connectivity index (χ0v) is 21.6. The summed E-state index contributed by atoms with van der Waals surface area (Å²) in [6.07, 6.45) is 7.62. The van der Waals surface area contributed by atoms with Crippen molar-refractivity contribution in [3.63, 3.8) is 0 Å². The van der Waals surface area contributed by atoms with E-state index in [-0.39, 0.29) is 17.4 Å². The van der Waals surface area contributed by atoms with Crippen LogP contribution in [0.2, 0.25) is 0 Å². The number of nitrogens with zero attached hydrogens (tertiary/aromatic N) is 2. The van der Waals surface area contributed by atoms with E-state index in [1.165, 1.54) is 5.56 Å². The Morgan fingerprint density at radius 3 is 2.58 bits per heavy atom. The Balaban J connectivity index is 1.28. The van der Waals surface area contributed by atoms with Gasteiger partial charge in [-0.15, -0.1) is 0 Å². The number of hydrogen-bond donors (Lipinski definition) is 0. The van der Waals surface area contributed by atoms with Crippen molar-refractivity contribution in [3.8, 4) is 11.5 Å². The Labute approximate surface area is 215 Å². The molecule has 0 saturated carbocycles. The van der Waals surface area contributed by atoms with Crippen LogP contribution in [0.15, 0.2) is 48.5 Å². The summed E-state index contributed by atoms with van der Waals surface area (Å²) in [6.45, 7) is 5.95. The second-order valence-corrected chi connectivity index (χ2v) is 10.7. The maximum absolute atomic E-state index is 13.5. The highest BCUT2D eigenvalue weighted by Gasteiger charge is 2.36. The Morgan fingerprint density at radius 2 is 1.78 bits per heavy atom. The Hall–Kier alpha value is -2.57. The molecule has 1 atom stereocenters. The van der Waals surface area contributed by atoms with Crippen molar-refractivity contribution in [1.82, 2.24) is 9.80 Å². The molecule has 5 rings (SSSR count). The second-order valence-electron chi connectivity index (χ2n) is 10.7. The number of amides is 1. The lowest BCUT2D eigenvalue weighted by molar-refractivity contribution is 0.0323. The summed E-state index contributed by atoms with van der Waals surface area (Å²) in [7, 11) is 1.71. The van der Waals surface area contributed by atoms with Crippen LogP contribution in [0.5, 0.6) is 11.5 Å². The lowest BCUT2D eigenvalue weighted by Gasteiger charge is -2.42. The minimum atomic E-state index is 0.0807. The summed E-state index contributed by atoms with van der Waals surface area (Å²) in [5, 5.41) is 0. The largest absolute Gasteiger partial charge is 0.497 e. The van der Waals surface area contributed by atoms with Crippen LogP contribution < -0.4 is 9.47 Å². The average Bonchev–Trinajstić information content (AvgIpc) is 3.39. The van der Waals surface area contributed by atoms with Crippen LogP contribution in [0.1, 0.15) is 60.9 Å². The molecule has 0 aromatic heterocycles. The number of fused-ring (bicyclic) bond motifs is 2. The molecule has 2 aromatic rings. The third-order valence-electron chi connectivity index (χ3n) is 8.33. The lowest BCUT2D eigenvalue weighted by atomic mass is 9.75. The van der Waals surface area contributed by atoms with E-state index in [1.54, 1.807) is 7.11 Å². The molecule has 1 spiro atoms. The van der Waals surface area contributed by atoms with Gasteiger partial charge in [0, 0.05) is 25.1 Å². The molecule has 0 aliphatic carbocycles. The summed E-state index contributed by atoms with van der Waals surface area (Å²) < 4.78 is 17.9. The second kappa shape index (κ2) is 11.7. The van der Waals surface area contributed by atoms with Crippen molar-refractivity contribution in [1.29, 1.82) is 0 Å². The van der Waals surface area contributed by atoms with Crippen LogP contribution in [0.25, 0.3) is 0 Å². The molecular formula is C30H40N2O4. The van der Waals surface area contributed by atoms with Gasteiger partial charge in [0.25, 0.3) is 5.91 Å². The molecule has 3 heterocycles. The number of rotatable bonds is 3. The molecule has 2 aromatic carbocycles. The summed E-state index contributed by atoms with van der Waals surface area (Å²) >= 11 is 0. The molecule has 2 saturated heterocycles. The summed E-state index contributed by atoms with van der Waals surface area (Å²) in [6, 6.07) is 16.4. The molecule has 0 unspecified atom stereocenters. The zero-order chi connectivity index (χ0) is 24.8. The van der Waals surface area contributed by atoms with Crippen LogP contribution in [0, 0.1) is 5.41 Å². The molecule has 194 valence electrons. The van der Waals surface area contributed by atoms with Gasteiger partial charge in [-0.05, 0) is 81.4 Å². The third kappa shape index (κ3) is 5.87. The maximum atomic E-state index is 13.5. The number of piperidine rings is 1. The first-order valence-electron chi connectivity index (χ1n) is 13.6. The maximum Gasteiger partial charge on any atom is 0.257 e. The van der Waals surface area contributed by atoms with E-state index in [0.717, 1.165) is 89.2 Å². The number of hydrogen-bond acceptors (Lipinski definition) is 5. The average molecular weight is 493 g/mol. The number of carbonyl (C=O) groups is 1. The van der Waals surface area contributed by atoms with Crippen molar-refractivity contribution in [2.45, 2.75) is 57.5 Å². The number of para-hydroxylation sites is 1. The van der Waals surface area contributed by atoms with E-state index in [2.05, 4.69) is 17.0 Å². The molecule has 0 radical (unpaired) electrons. The Bertz CT molecular complexity index is 1000. The SMILES string of the molecule is COc1ccc(CN2CCC3(CCCCOC[C@@H]4CCCN4C(=O)c4ccccc4OC3)CC2)cc1. The van der Waals surface area contributed by atoms with Gasteiger partial charge < -0.3 is 19.1 Å². The monoisotopic (exact) mass is 492 g/mol. The van der Waals surface area contributed by atoms with E-state index in [9.17, 15) is 4.79 Å². The summed E-state index contributed by atoms with van der Waals surface area (Å²) in [5.74, 6) is 1.71. The molecule has 36 heavy (non-hydrogen) atoms. The van der Waals surface area contributed by atoms with Gasteiger partial charge in [-0.2, -0.15) is 0 Å². The van der Waals surface area contributed by atoms with E-state index < -0.39 is 0 Å². The molecule has 6 nitrogen and oxygen atoms in total. The van der Waals surface area contributed by atoms with E-state index in [0.29, 0.717) is 18.8 Å². The van der Waals surface area contributed by atoms with E-state index in [1.807, 2.05) is 41.3 Å². The first kappa shape index (κ1) is 25.1. The normalized spacial score (nSPS) is 23.4. The number of carbonyl (C=O) groups excluding carboxylic acids is 1. The minimum absolute atomic E-state index is 0.0807. The Morgan fingerprint density at radius 1 is 0.972 bits per heavy atom. The van der Waals surface area contributed by atoms with Crippen molar-refractivity contribution in [3.05, 3.63) is 59.7 Å². The van der Waals surface area contributed by atoms with Gasteiger partial charge in [0.15, 0.2) is 0 Å². The van der Waals surface area contributed by atoms with Crippen LogP contribution in [-0.2, 0) is 11.3 Å². The molecule has 6 heteroatoms.